The summed E-state index contributed by atoms with van der Waals surface area (Å²) < 4.78 is 10.8. The molecule has 6 nitrogen and oxygen atoms in total. The molecule has 0 aliphatic carbocycles. The Labute approximate surface area is 132 Å². The summed E-state index contributed by atoms with van der Waals surface area (Å²) in [6.07, 6.45) is 0.243. The highest BCUT2D eigenvalue weighted by Gasteiger charge is 2.29. The maximum Gasteiger partial charge on any atom is 0.262 e. The Hall–Kier alpha value is -3.02. The van der Waals surface area contributed by atoms with Crippen LogP contribution in [0.2, 0.25) is 0 Å². The molecule has 0 bridgehead atoms. The number of benzene rings is 2. The van der Waals surface area contributed by atoms with Gasteiger partial charge in [0.05, 0.1) is 16.9 Å². The molecule has 0 radical (unpaired) electrons. The van der Waals surface area contributed by atoms with Gasteiger partial charge in [-0.3, -0.25) is 9.59 Å². The lowest BCUT2D eigenvalue weighted by molar-refractivity contribution is -0.115. The third-order valence-electron chi connectivity index (χ3n) is 3.90. The summed E-state index contributed by atoms with van der Waals surface area (Å²) in [6.45, 7) is 0.419. The van der Waals surface area contributed by atoms with E-state index in [0.717, 1.165) is 0 Å². The summed E-state index contributed by atoms with van der Waals surface area (Å²) in [7, 11) is 0. The predicted octanol–water partition coefficient (Wildman–Crippen LogP) is 2.40. The van der Waals surface area contributed by atoms with Gasteiger partial charge in [-0.25, -0.2) is 0 Å². The highest BCUT2D eigenvalue weighted by molar-refractivity contribution is 6.12. The largest absolute Gasteiger partial charge is 0.454 e. The number of hydrogen-bond donors (Lipinski definition) is 1. The minimum Gasteiger partial charge on any atom is -0.454 e. The molecule has 2 aromatic carbocycles. The van der Waals surface area contributed by atoms with Crippen LogP contribution in [0.3, 0.4) is 0 Å². The zero-order chi connectivity index (χ0) is 15.8. The second-order valence-corrected chi connectivity index (χ2v) is 5.31. The molecule has 2 heterocycles. The Bertz CT molecular complexity index is 803. The predicted molar refractivity (Wildman–Crippen MR) is 83.9 cm³/mol. The van der Waals surface area contributed by atoms with Gasteiger partial charge in [0.1, 0.15) is 0 Å². The average Bonchev–Trinajstić information content (AvgIpc) is 2.98. The van der Waals surface area contributed by atoms with Crippen molar-refractivity contribution in [1.82, 2.24) is 0 Å². The first-order valence-corrected chi connectivity index (χ1v) is 7.33. The van der Waals surface area contributed by atoms with Crippen LogP contribution in [0, 0.1) is 0 Å². The molecule has 0 spiro atoms. The molecule has 2 amide bonds. The first kappa shape index (κ1) is 13.6. The molecule has 0 saturated carbocycles. The molecule has 2 aliphatic rings. The number of carbonyl (C=O) groups excluding carboxylic acids is 2. The van der Waals surface area contributed by atoms with Gasteiger partial charge in [-0.2, -0.15) is 0 Å². The lowest BCUT2D eigenvalue weighted by Crippen LogP contribution is -2.32. The van der Waals surface area contributed by atoms with Crippen LogP contribution < -0.4 is 19.7 Å². The van der Waals surface area contributed by atoms with E-state index in [4.69, 9.17) is 9.47 Å². The van der Waals surface area contributed by atoms with Gasteiger partial charge < -0.3 is 19.7 Å². The van der Waals surface area contributed by atoms with Gasteiger partial charge in [0.25, 0.3) is 5.91 Å². The summed E-state index contributed by atoms with van der Waals surface area (Å²) >= 11 is 0. The number of para-hydroxylation sites is 3. The monoisotopic (exact) mass is 310 g/mol. The fourth-order valence-electron chi connectivity index (χ4n) is 2.82. The van der Waals surface area contributed by atoms with Crippen molar-refractivity contribution in [2.75, 3.05) is 23.6 Å². The lowest BCUT2D eigenvalue weighted by atomic mass is 10.1. The normalized spacial score (nSPS) is 15.7. The van der Waals surface area contributed by atoms with Crippen molar-refractivity contribution in [3.05, 3.63) is 48.0 Å². The van der Waals surface area contributed by atoms with Crippen LogP contribution in [0.4, 0.5) is 11.4 Å². The Balaban J connectivity index is 1.77. The molecule has 2 aromatic rings. The number of carbonyl (C=O) groups is 2. The van der Waals surface area contributed by atoms with E-state index in [-0.39, 0.29) is 25.0 Å². The average molecular weight is 310 g/mol. The Morgan fingerprint density at radius 2 is 1.96 bits per heavy atom. The first-order valence-electron chi connectivity index (χ1n) is 7.33. The van der Waals surface area contributed by atoms with Crippen LogP contribution in [-0.2, 0) is 4.79 Å². The Kier molecular flexibility index (Phi) is 3.15. The van der Waals surface area contributed by atoms with Crippen molar-refractivity contribution in [2.45, 2.75) is 6.42 Å². The summed E-state index contributed by atoms with van der Waals surface area (Å²) in [6, 6.07) is 12.5. The third kappa shape index (κ3) is 2.28. The maximum atomic E-state index is 13.0. The van der Waals surface area contributed by atoms with Gasteiger partial charge in [0.2, 0.25) is 12.7 Å². The number of rotatable bonds is 1. The maximum absolute atomic E-state index is 13.0. The first-order chi connectivity index (χ1) is 11.2. The molecule has 0 aromatic heterocycles. The zero-order valence-corrected chi connectivity index (χ0v) is 12.2. The van der Waals surface area contributed by atoms with E-state index in [0.29, 0.717) is 35.0 Å². The SMILES string of the molecule is O=C1CCN(C(=O)c2cccc3c2OCO3)c2ccccc2N1. The molecular weight excluding hydrogens is 296 g/mol. The summed E-state index contributed by atoms with van der Waals surface area (Å²) in [4.78, 5) is 26.5. The molecule has 1 N–H and O–H groups in total. The van der Waals surface area contributed by atoms with E-state index in [1.165, 1.54) is 0 Å². The summed E-state index contributed by atoms with van der Waals surface area (Å²) in [5.74, 6) is 0.702. The van der Waals surface area contributed by atoms with Gasteiger partial charge in [-0.15, -0.1) is 0 Å². The van der Waals surface area contributed by atoms with E-state index < -0.39 is 0 Å². The van der Waals surface area contributed by atoms with Gasteiger partial charge in [0, 0.05) is 13.0 Å². The second-order valence-electron chi connectivity index (χ2n) is 5.31. The Morgan fingerprint density at radius 3 is 2.87 bits per heavy atom. The van der Waals surface area contributed by atoms with Crippen molar-refractivity contribution >= 4 is 23.2 Å². The Morgan fingerprint density at radius 1 is 1.09 bits per heavy atom. The van der Waals surface area contributed by atoms with Crippen LogP contribution in [0.1, 0.15) is 16.8 Å². The number of ether oxygens (including phenoxy) is 2. The molecule has 0 saturated heterocycles. The fourth-order valence-corrected chi connectivity index (χ4v) is 2.82. The van der Waals surface area contributed by atoms with Gasteiger partial charge in [-0.1, -0.05) is 18.2 Å². The summed E-state index contributed by atoms with van der Waals surface area (Å²) in [5, 5.41) is 2.82. The molecule has 23 heavy (non-hydrogen) atoms. The molecular formula is C17H14N2O4. The molecule has 2 aliphatic heterocycles. The van der Waals surface area contributed by atoms with Gasteiger partial charge >= 0.3 is 0 Å². The fraction of sp³-hybridized carbons (Fsp3) is 0.176. The van der Waals surface area contributed by atoms with Crippen LogP contribution in [0.5, 0.6) is 11.5 Å². The van der Waals surface area contributed by atoms with Crippen LogP contribution in [0.15, 0.2) is 42.5 Å². The zero-order valence-electron chi connectivity index (χ0n) is 12.2. The van der Waals surface area contributed by atoms with E-state index in [9.17, 15) is 9.59 Å². The standard InChI is InChI=1S/C17H14N2O4/c20-15-8-9-19(13-6-2-1-5-12(13)18-15)17(21)11-4-3-7-14-16(11)23-10-22-14/h1-7H,8-10H2,(H,18,20). The molecule has 6 heteroatoms. The molecule has 116 valence electrons. The highest BCUT2D eigenvalue weighted by atomic mass is 16.7. The smallest absolute Gasteiger partial charge is 0.262 e. The summed E-state index contributed by atoms with van der Waals surface area (Å²) in [5.41, 5.74) is 1.75. The van der Waals surface area contributed by atoms with E-state index >= 15 is 0 Å². The van der Waals surface area contributed by atoms with E-state index in [1.54, 1.807) is 29.2 Å². The number of anilines is 2. The topological polar surface area (TPSA) is 67.9 Å². The number of nitrogens with zero attached hydrogens (tertiary/aromatic N) is 1. The number of amides is 2. The van der Waals surface area contributed by atoms with Crippen molar-refractivity contribution in [1.29, 1.82) is 0 Å². The van der Waals surface area contributed by atoms with Crippen LogP contribution in [-0.4, -0.2) is 25.2 Å². The second kappa shape index (κ2) is 5.31. The van der Waals surface area contributed by atoms with Crippen LogP contribution >= 0.6 is 0 Å². The minimum atomic E-state index is -0.212. The minimum absolute atomic E-state index is 0.106. The van der Waals surface area contributed by atoms with Crippen molar-refractivity contribution in [3.8, 4) is 11.5 Å². The van der Waals surface area contributed by atoms with Crippen molar-refractivity contribution in [3.63, 3.8) is 0 Å². The van der Waals surface area contributed by atoms with E-state index in [2.05, 4.69) is 5.32 Å². The van der Waals surface area contributed by atoms with Gasteiger partial charge in [0.15, 0.2) is 11.5 Å². The highest BCUT2D eigenvalue weighted by Crippen LogP contribution is 2.37. The molecule has 0 fully saturated rings. The quantitative estimate of drug-likeness (QED) is 0.878. The lowest BCUT2D eigenvalue weighted by Gasteiger charge is -2.22. The van der Waals surface area contributed by atoms with Crippen LogP contribution in [0.25, 0.3) is 0 Å². The van der Waals surface area contributed by atoms with Gasteiger partial charge in [-0.05, 0) is 24.3 Å². The van der Waals surface area contributed by atoms with Crippen molar-refractivity contribution < 1.29 is 19.1 Å². The van der Waals surface area contributed by atoms with E-state index in [1.807, 2.05) is 18.2 Å². The third-order valence-corrected chi connectivity index (χ3v) is 3.90. The number of hydrogen-bond acceptors (Lipinski definition) is 4. The molecule has 0 atom stereocenters. The number of nitrogens with one attached hydrogen (secondary N) is 1. The van der Waals surface area contributed by atoms with Crippen molar-refractivity contribution in [2.24, 2.45) is 0 Å². The molecule has 4 rings (SSSR count). The molecule has 0 unspecified atom stereocenters. The number of fused-ring (bicyclic) bond motifs is 2.